The fourth-order valence-corrected chi connectivity index (χ4v) is 0.679. The summed E-state index contributed by atoms with van der Waals surface area (Å²) in [5, 5.41) is 0. The second-order valence-corrected chi connectivity index (χ2v) is 2.98. The van der Waals surface area contributed by atoms with Crippen LogP contribution in [-0.2, 0) is 9.47 Å². The van der Waals surface area contributed by atoms with Crippen LogP contribution in [0.3, 0.4) is 0 Å². The van der Waals surface area contributed by atoms with E-state index in [0.29, 0.717) is 19.8 Å². The molecule has 0 fully saturated rings. The van der Waals surface area contributed by atoms with Gasteiger partial charge in [0.1, 0.15) is 0 Å². The van der Waals surface area contributed by atoms with Crippen molar-refractivity contribution in [3.05, 3.63) is 0 Å². The van der Waals surface area contributed by atoms with Crippen LogP contribution in [0.2, 0.25) is 0 Å². The summed E-state index contributed by atoms with van der Waals surface area (Å²) >= 11 is 8.01. The van der Waals surface area contributed by atoms with E-state index in [-0.39, 0.29) is 5.44 Å². The molecule has 0 aromatic rings. The highest BCUT2D eigenvalue weighted by Gasteiger charge is 1.92. The van der Waals surface area contributed by atoms with E-state index in [9.17, 15) is 0 Å². The van der Waals surface area contributed by atoms with Gasteiger partial charge >= 0.3 is 0 Å². The third-order valence-electron chi connectivity index (χ3n) is 0.822. The lowest BCUT2D eigenvalue weighted by Crippen LogP contribution is -2.08. The van der Waals surface area contributed by atoms with Gasteiger partial charge in [0.2, 0.25) is 0 Å². The Kier molecular flexibility index (Phi) is 8.20. The Morgan fingerprint density at radius 2 is 2.00 bits per heavy atom. The van der Waals surface area contributed by atoms with Gasteiger partial charge in [-0.2, -0.15) is 12.6 Å². The third-order valence-corrected chi connectivity index (χ3v) is 1.15. The molecule has 0 spiro atoms. The molecule has 0 aliphatic rings. The minimum Gasteiger partial charge on any atom is -0.378 e. The molecule has 0 saturated heterocycles. The average Bonchev–Trinajstić information content (AvgIpc) is 1.87. The van der Waals surface area contributed by atoms with Crippen molar-refractivity contribution < 1.29 is 9.47 Å². The summed E-state index contributed by atoms with van der Waals surface area (Å²) in [6.07, 6.45) is 0. The minimum absolute atomic E-state index is 0.000369. The van der Waals surface area contributed by atoms with E-state index in [1.165, 1.54) is 0 Å². The second kappa shape index (κ2) is 7.72. The summed E-state index contributed by atoms with van der Waals surface area (Å²) < 4.78 is 10.2. The van der Waals surface area contributed by atoms with E-state index in [4.69, 9.17) is 9.47 Å². The minimum atomic E-state index is -0.000369. The molecular weight excluding hydrogens is 168 g/mol. The summed E-state index contributed by atoms with van der Waals surface area (Å²) in [5.74, 6) is 0.760. The van der Waals surface area contributed by atoms with E-state index < -0.39 is 0 Å². The maximum Gasteiger partial charge on any atom is 0.0972 e. The maximum atomic E-state index is 5.10. The molecule has 0 radical (unpaired) electrons. The zero-order chi connectivity index (χ0) is 7.82. The second-order valence-electron chi connectivity index (χ2n) is 1.81. The van der Waals surface area contributed by atoms with Crippen molar-refractivity contribution >= 4 is 25.3 Å². The highest BCUT2D eigenvalue weighted by atomic mass is 32.1. The predicted octanol–water partition coefficient (Wildman–Crippen LogP) is 1.23. The van der Waals surface area contributed by atoms with E-state index in [1.54, 1.807) is 0 Å². The van der Waals surface area contributed by atoms with Crippen molar-refractivity contribution in [3.63, 3.8) is 0 Å². The quantitative estimate of drug-likeness (QED) is 0.366. The topological polar surface area (TPSA) is 18.5 Å². The number of ether oxygens (including phenoxy) is 2. The summed E-state index contributed by atoms with van der Waals surface area (Å²) in [6.45, 7) is 3.80. The van der Waals surface area contributed by atoms with E-state index >= 15 is 0 Å². The van der Waals surface area contributed by atoms with Gasteiger partial charge in [-0.1, -0.05) is 0 Å². The molecule has 0 aliphatic carbocycles. The number of thiol groups is 2. The average molecular weight is 182 g/mol. The van der Waals surface area contributed by atoms with Crippen LogP contribution in [0.4, 0.5) is 0 Å². The zero-order valence-corrected chi connectivity index (χ0v) is 7.91. The smallest absolute Gasteiger partial charge is 0.0972 e. The largest absolute Gasteiger partial charge is 0.378 e. The molecule has 4 heteroatoms. The van der Waals surface area contributed by atoms with Crippen molar-refractivity contribution in [2.75, 3.05) is 25.6 Å². The van der Waals surface area contributed by atoms with Gasteiger partial charge in [-0.25, -0.2) is 0 Å². The summed E-state index contributed by atoms with van der Waals surface area (Å²) in [6, 6.07) is 0. The van der Waals surface area contributed by atoms with Crippen LogP contribution < -0.4 is 0 Å². The number of hydrogen-bond acceptors (Lipinski definition) is 4. The predicted molar refractivity (Wildman–Crippen MR) is 49.1 cm³/mol. The highest BCUT2D eigenvalue weighted by Crippen LogP contribution is 1.93. The van der Waals surface area contributed by atoms with Gasteiger partial charge in [0.05, 0.1) is 25.3 Å². The first-order valence-corrected chi connectivity index (χ1v) is 4.40. The Labute approximate surface area is 73.1 Å². The Bertz CT molecular complexity index is 68.8. The van der Waals surface area contributed by atoms with Crippen LogP contribution in [0.15, 0.2) is 0 Å². The molecule has 0 rings (SSSR count). The van der Waals surface area contributed by atoms with Crippen LogP contribution in [0.5, 0.6) is 0 Å². The van der Waals surface area contributed by atoms with Crippen LogP contribution in [-0.4, -0.2) is 31.0 Å². The molecule has 1 unspecified atom stereocenters. The Morgan fingerprint density at radius 3 is 2.50 bits per heavy atom. The summed E-state index contributed by atoms with van der Waals surface area (Å²) in [4.78, 5) is 0. The third kappa shape index (κ3) is 8.62. The molecular formula is C6H14O2S2. The molecule has 10 heavy (non-hydrogen) atoms. The van der Waals surface area contributed by atoms with Gasteiger partial charge in [-0.3, -0.25) is 0 Å². The normalized spacial score (nSPS) is 13.5. The molecule has 62 valence electrons. The first-order valence-electron chi connectivity index (χ1n) is 3.25. The van der Waals surface area contributed by atoms with E-state index in [1.807, 2.05) is 6.92 Å². The fourth-order valence-electron chi connectivity index (χ4n) is 0.444. The van der Waals surface area contributed by atoms with Crippen molar-refractivity contribution in [2.45, 2.75) is 12.4 Å². The van der Waals surface area contributed by atoms with E-state index in [2.05, 4.69) is 25.3 Å². The summed E-state index contributed by atoms with van der Waals surface area (Å²) in [5.41, 5.74) is -0.000369. The van der Waals surface area contributed by atoms with Crippen LogP contribution in [0.1, 0.15) is 6.92 Å². The molecule has 0 saturated carbocycles. The van der Waals surface area contributed by atoms with Crippen LogP contribution in [0, 0.1) is 0 Å². The summed E-state index contributed by atoms with van der Waals surface area (Å²) in [7, 11) is 0. The van der Waals surface area contributed by atoms with Crippen molar-refractivity contribution in [1.29, 1.82) is 0 Å². The number of rotatable bonds is 6. The molecule has 0 aromatic heterocycles. The highest BCUT2D eigenvalue weighted by molar-refractivity contribution is 7.80. The Morgan fingerprint density at radius 1 is 1.30 bits per heavy atom. The standard InChI is InChI=1S/C6H14O2S2/c1-6(10)8-3-2-7-4-5-9/h6,9-10H,2-5H2,1H3. The monoisotopic (exact) mass is 182 g/mol. The molecule has 1 atom stereocenters. The lowest BCUT2D eigenvalue weighted by molar-refractivity contribution is 0.0489. The maximum absolute atomic E-state index is 5.10. The van der Waals surface area contributed by atoms with Gasteiger partial charge in [-0.05, 0) is 6.92 Å². The van der Waals surface area contributed by atoms with Crippen molar-refractivity contribution in [1.82, 2.24) is 0 Å². The molecule has 0 aromatic carbocycles. The van der Waals surface area contributed by atoms with Gasteiger partial charge in [0.15, 0.2) is 0 Å². The van der Waals surface area contributed by atoms with Gasteiger partial charge in [0, 0.05) is 5.75 Å². The first kappa shape index (κ1) is 10.6. The molecule has 0 aliphatic heterocycles. The SMILES string of the molecule is CC(S)OCCOCCS. The van der Waals surface area contributed by atoms with Crippen LogP contribution >= 0.6 is 25.3 Å². The molecule has 0 N–H and O–H groups in total. The van der Waals surface area contributed by atoms with Gasteiger partial charge < -0.3 is 9.47 Å². The lowest BCUT2D eigenvalue weighted by Gasteiger charge is -2.06. The fraction of sp³-hybridized carbons (Fsp3) is 1.00. The lowest BCUT2D eigenvalue weighted by atomic mass is 10.7. The van der Waals surface area contributed by atoms with Crippen molar-refractivity contribution in [3.8, 4) is 0 Å². The Hall–Kier alpha value is 0.620. The van der Waals surface area contributed by atoms with Gasteiger partial charge in [-0.15, -0.1) is 12.6 Å². The van der Waals surface area contributed by atoms with Crippen LogP contribution in [0.25, 0.3) is 0 Å². The molecule has 0 amide bonds. The van der Waals surface area contributed by atoms with E-state index in [0.717, 1.165) is 5.75 Å². The first-order chi connectivity index (χ1) is 4.77. The molecule has 0 heterocycles. The van der Waals surface area contributed by atoms with Gasteiger partial charge in [0.25, 0.3) is 0 Å². The molecule has 2 nitrogen and oxygen atoms in total. The van der Waals surface area contributed by atoms with Crippen molar-refractivity contribution in [2.24, 2.45) is 0 Å². The Balaban J connectivity index is 2.77. The zero-order valence-electron chi connectivity index (χ0n) is 6.12. The molecule has 0 bridgehead atoms. The number of hydrogen-bond donors (Lipinski definition) is 2.